The Hall–Kier alpha value is -0.120. The molecule has 3 heteroatoms. The zero-order valence-corrected chi connectivity index (χ0v) is 8.65. The monoisotopic (exact) mass is 200 g/mol. The van der Waals surface area contributed by atoms with Gasteiger partial charge in [0.25, 0.3) is 0 Å². The second-order valence-electron chi connectivity index (χ2n) is 4.39. The molecule has 1 N–H and O–H groups in total. The number of aliphatic hydroxyl groups is 1. The molecule has 14 heavy (non-hydrogen) atoms. The summed E-state index contributed by atoms with van der Waals surface area (Å²) in [6.45, 7) is 2.00. The molecule has 2 aliphatic rings. The highest BCUT2D eigenvalue weighted by molar-refractivity contribution is 4.85. The maximum absolute atomic E-state index is 8.86. The lowest BCUT2D eigenvalue weighted by Gasteiger charge is -2.22. The fourth-order valence-electron chi connectivity index (χ4n) is 2.08. The molecule has 1 unspecified atom stereocenters. The molecule has 82 valence electrons. The van der Waals surface area contributed by atoms with Gasteiger partial charge in [-0.15, -0.1) is 0 Å². The van der Waals surface area contributed by atoms with E-state index in [9.17, 15) is 0 Å². The number of hydrogen-bond donors (Lipinski definition) is 1. The van der Waals surface area contributed by atoms with Crippen molar-refractivity contribution in [3.05, 3.63) is 0 Å². The van der Waals surface area contributed by atoms with E-state index in [1.807, 2.05) is 0 Å². The van der Waals surface area contributed by atoms with Gasteiger partial charge in [0.05, 0.1) is 6.61 Å². The summed E-state index contributed by atoms with van der Waals surface area (Å²) in [7, 11) is 0. The lowest BCUT2D eigenvalue weighted by Crippen LogP contribution is -2.22. The first-order chi connectivity index (χ1) is 6.90. The van der Waals surface area contributed by atoms with E-state index in [0.717, 1.165) is 26.1 Å². The summed E-state index contributed by atoms with van der Waals surface area (Å²) in [6.07, 6.45) is 5.78. The normalized spacial score (nSPS) is 37.1. The zero-order valence-electron chi connectivity index (χ0n) is 8.65. The maximum Gasteiger partial charge on any atom is 0.157 e. The predicted octanol–water partition coefficient (Wildman–Crippen LogP) is 1.55. The molecule has 0 aromatic carbocycles. The van der Waals surface area contributed by atoms with Gasteiger partial charge in [0.2, 0.25) is 0 Å². The first-order valence-electron chi connectivity index (χ1n) is 5.74. The average molecular weight is 200 g/mol. The summed E-state index contributed by atoms with van der Waals surface area (Å²) in [5.74, 6) is 1.27. The van der Waals surface area contributed by atoms with Crippen molar-refractivity contribution in [2.45, 2.75) is 38.4 Å². The van der Waals surface area contributed by atoms with Gasteiger partial charge in [-0.2, -0.15) is 0 Å². The molecule has 0 radical (unpaired) electrons. The average Bonchev–Trinajstić information content (AvgIpc) is 2.98. The molecule has 1 saturated carbocycles. The van der Waals surface area contributed by atoms with Crippen LogP contribution in [0.2, 0.25) is 0 Å². The molecule has 1 heterocycles. The van der Waals surface area contributed by atoms with E-state index in [-0.39, 0.29) is 6.29 Å². The van der Waals surface area contributed by atoms with Gasteiger partial charge in [0.1, 0.15) is 0 Å². The predicted molar refractivity (Wildman–Crippen MR) is 52.8 cm³/mol. The third-order valence-electron chi connectivity index (χ3n) is 3.23. The summed E-state index contributed by atoms with van der Waals surface area (Å²) in [5.41, 5.74) is 0. The van der Waals surface area contributed by atoms with Crippen molar-refractivity contribution in [3.63, 3.8) is 0 Å². The Morgan fingerprint density at radius 3 is 2.86 bits per heavy atom. The van der Waals surface area contributed by atoms with E-state index in [1.54, 1.807) is 0 Å². The molecule has 3 atom stereocenters. The van der Waals surface area contributed by atoms with Crippen LogP contribution in [0.1, 0.15) is 32.1 Å². The van der Waals surface area contributed by atoms with Crippen molar-refractivity contribution in [3.8, 4) is 0 Å². The first kappa shape index (κ1) is 10.4. The molecule has 0 spiro atoms. The molecule has 0 bridgehead atoms. The Morgan fingerprint density at radius 2 is 2.21 bits per heavy atom. The molecular weight excluding hydrogens is 180 g/mol. The molecule has 1 saturated heterocycles. The van der Waals surface area contributed by atoms with E-state index in [2.05, 4.69) is 0 Å². The van der Waals surface area contributed by atoms with Gasteiger partial charge in [-0.1, -0.05) is 0 Å². The summed E-state index contributed by atoms with van der Waals surface area (Å²) < 4.78 is 11.1. The lowest BCUT2D eigenvalue weighted by molar-refractivity contribution is -0.163. The van der Waals surface area contributed by atoms with Crippen molar-refractivity contribution in [1.29, 1.82) is 0 Å². The molecule has 2 fully saturated rings. The summed E-state index contributed by atoms with van der Waals surface area (Å²) in [5, 5.41) is 8.86. The number of ether oxygens (including phenoxy) is 2. The standard InChI is InChI=1S/C11H20O3/c12-8-10-7-9(10)4-6-14-11-3-1-2-5-13-11/h9-12H,1-8H2/t9-,10+,11?/m0/s1. The molecular formula is C11H20O3. The quantitative estimate of drug-likeness (QED) is 0.731. The van der Waals surface area contributed by atoms with Gasteiger partial charge in [0, 0.05) is 13.2 Å². The van der Waals surface area contributed by atoms with Crippen molar-refractivity contribution in [2.75, 3.05) is 19.8 Å². The van der Waals surface area contributed by atoms with Crippen LogP contribution in [0.5, 0.6) is 0 Å². The molecule has 0 amide bonds. The van der Waals surface area contributed by atoms with Gasteiger partial charge in [-0.25, -0.2) is 0 Å². The maximum atomic E-state index is 8.86. The van der Waals surface area contributed by atoms with Crippen molar-refractivity contribution >= 4 is 0 Å². The third-order valence-corrected chi connectivity index (χ3v) is 3.23. The Morgan fingerprint density at radius 1 is 1.29 bits per heavy atom. The summed E-state index contributed by atoms with van der Waals surface area (Å²) in [6, 6.07) is 0. The van der Waals surface area contributed by atoms with E-state index in [0.29, 0.717) is 18.4 Å². The number of hydrogen-bond acceptors (Lipinski definition) is 3. The van der Waals surface area contributed by atoms with Crippen LogP contribution in [0, 0.1) is 11.8 Å². The Bertz CT molecular complexity index is 166. The molecule has 3 nitrogen and oxygen atoms in total. The van der Waals surface area contributed by atoms with E-state index < -0.39 is 0 Å². The van der Waals surface area contributed by atoms with Crippen LogP contribution in [-0.2, 0) is 9.47 Å². The van der Waals surface area contributed by atoms with Gasteiger partial charge < -0.3 is 14.6 Å². The smallest absolute Gasteiger partial charge is 0.157 e. The fraction of sp³-hybridized carbons (Fsp3) is 1.00. The van der Waals surface area contributed by atoms with E-state index in [1.165, 1.54) is 19.3 Å². The first-order valence-corrected chi connectivity index (χ1v) is 5.74. The van der Waals surface area contributed by atoms with Crippen molar-refractivity contribution in [1.82, 2.24) is 0 Å². The topological polar surface area (TPSA) is 38.7 Å². The molecule has 1 aliphatic carbocycles. The van der Waals surface area contributed by atoms with Crippen LogP contribution < -0.4 is 0 Å². The Balaban J connectivity index is 1.50. The van der Waals surface area contributed by atoms with Gasteiger partial charge in [-0.3, -0.25) is 0 Å². The largest absolute Gasteiger partial charge is 0.396 e. The zero-order chi connectivity index (χ0) is 9.80. The van der Waals surface area contributed by atoms with Crippen molar-refractivity contribution < 1.29 is 14.6 Å². The highest BCUT2D eigenvalue weighted by Crippen LogP contribution is 2.40. The van der Waals surface area contributed by atoms with Crippen LogP contribution in [0.3, 0.4) is 0 Å². The highest BCUT2D eigenvalue weighted by Gasteiger charge is 2.35. The molecule has 0 aromatic heterocycles. The SMILES string of the molecule is OC[C@H]1C[C@@H]1CCOC1CCCCO1. The van der Waals surface area contributed by atoms with E-state index >= 15 is 0 Å². The van der Waals surface area contributed by atoms with Gasteiger partial charge >= 0.3 is 0 Å². The van der Waals surface area contributed by atoms with Crippen LogP contribution in [0.15, 0.2) is 0 Å². The third kappa shape index (κ3) is 2.94. The number of aliphatic hydroxyl groups excluding tert-OH is 1. The summed E-state index contributed by atoms with van der Waals surface area (Å²) >= 11 is 0. The Labute approximate surface area is 85.4 Å². The van der Waals surface area contributed by atoms with E-state index in [4.69, 9.17) is 14.6 Å². The van der Waals surface area contributed by atoms with Crippen LogP contribution in [-0.4, -0.2) is 31.2 Å². The van der Waals surface area contributed by atoms with Gasteiger partial charge in [0.15, 0.2) is 6.29 Å². The minimum Gasteiger partial charge on any atom is -0.396 e. The van der Waals surface area contributed by atoms with Crippen LogP contribution >= 0.6 is 0 Å². The van der Waals surface area contributed by atoms with Crippen LogP contribution in [0.25, 0.3) is 0 Å². The van der Waals surface area contributed by atoms with Crippen molar-refractivity contribution in [2.24, 2.45) is 11.8 Å². The molecule has 1 aliphatic heterocycles. The Kier molecular flexibility index (Phi) is 3.79. The molecule has 2 rings (SSSR count). The summed E-state index contributed by atoms with van der Waals surface area (Å²) in [4.78, 5) is 0. The van der Waals surface area contributed by atoms with Crippen LogP contribution in [0.4, 0.5) is 0 Å². The second-order valence-corrected chi connectivity index (χ2v) is 4.39. The number of rotatable bonds is 5. The lowest BCUT2D eigenvalue weighted by atomic mass is 10.2. The minimum atomic E-state index is 0.0510. The van der Waals surface area contributed by atoms with Gasteiger partial charge in [-0.05, 0) is 43.9 Å². The minimum absolute atomic E-state index is 0.0510. The highest BCUT2D eigenvalue weighted by atomic mass is 16.7. The molecule has 0 aromatic rings. The second kappa shape index (κ2) is 5.10. The fourth-order valence-corrected chi connectivity index (χ4v) is 2.08.